The number of hydrogen-bond donors (Lipinski definition) is 0. The molecule has 1 aromatic heterocycles. The number of pyridine rings is 1. The molecule has 0 aliphatic carbocycles. The van der Waals surface area contributed by atoms with Crippen molar-refractivity contribution in [3.05, 3.63) is 187 Å². The van der Waals surface area contributed by atoms with E-state index in [0.717, 1.165) is 55.8 Å². The van der Waals surface area contributed by atoms with Crippen molar-refractivity contribution in [2.75, 3.05) is 7.05 Å². The summed E-state index contributed by atoms with van der Waals surface area (Å²) in [5.41, 5.74) is 6.41. The minimum absolute atomic E-state index is 0.309. The molecule has 4 heteroatoms. The molecule has 1 aliphatic heterocycles. The largest absolute Gasteiger partial charge is 0.333 e. The second-order valence-electron chi connectivity index (χ2n) is 13.3. The molecule has 1 unspecified atom stereocenters. The normalized spacial score (nSPS) is 14.8. The molecule has 0 fully saturated rings. The third-order valence-corrected chi connectivity index (χ3v) is 10.3. The Kier molecular flexibility index (Phi) is 6.75. The van der Waals surface area contributed by atoms with Gasteiger partial charge >= 0.3 is 0 Å². The fourth-order valence-electron chi connectivity index (χ4n) is 7.78. The third-order valence-electron chi connectivity index (χ3n) is 10.3. The lowest BCUT2D eigenvalue weighted by molar-refractivity contribution is 0.385. The van der Waals surface area contributed by atoms with Gasteiger partial charge in [0.25, 0.3) is 0 Å². The summed E-state index contributed by atoms with van der Waals surface area (Å²) < 4.78 is 0. The van der Waals surface area contributed by atoms with Gasteiger partial charge in [0, 0.05) is 40.9 Å². The third kappa shape index (κ3) is 4.87. The second-order valence-corrected chi connectivity index (χ2v) is 13.3. The first-order chi connectivity index (χ1) is 25.2. The molecule has 0 spiro atoms. The van der Waals surface area contributed by atoms with Crippen LogP contribution in [0.15, 0.2) is 180 Å². The summed E-state index contributed by atoms with van der Waals surface area (Å²) in [7, 11) is 2.12. The number of hydrogen-bond acceptors (Lipinski definition) is 4. The van der Waals surface area contributed by atoms with Crippen LogP contribution in [0.5, 0.6) is 0 Å². The molecule has 2 heterocycles. The van der Waals surface area contributed by atoms with Crippen molar-refractivity contribution in [2.45, 2.75) is 6.17 Å². The molecule has 0 amide bonds. The van der Waals surface area contributed by atoms with Crippen LogP contribution in [0.2, 0.25) is 0 Å². The van der Waals surface area contributed by atoms with E-state index in [1.165, 1.54) is 37.7 Å². The number of benzene rings is 8. The van der Waals surface area contributed by atoms with Crippen molar-refractivity contribution in [2.24, 2.45) is 9.98 Å². The number of fused-ring (bicyclic) bond motifs is 7. The van der Waals surface area contributed by atoms with Gasteiger partial charge in [0.15, 0.2) is 12.0 Å². The van der Waals surface area contributed by atoms with E-state index in [2.05, 4.69) is 164 Å². The number of nitrogens with zero attached hydrogens (tertiary/aromatic N) is 4. The Labute approximate surface area is 295 Å². The van der Waals surface area contributed by atoms with Gasteiger partial charge in [-0.05, 0) is 72.9 Å². The second kappa shape index (κ2) is 11.7. The summed E-state index contributed by atoms with van der Waals surface area (Å²) in [4.78, 5) is 17.9. The number of aliphatic imine (C=N–C) groups is 2. The van der Waals surface area contributed by atoms with E-state index in [0.29, 0.717) is 0 Å². The molecule has 1 aliphatic rings. The van der Waals surface area contributed by atoms with Crippen LogP contribution in [0.3, 0.4) is 0 Å². The fraction of sp³-hybridized carbons (Fsp3) is 0.0426. The number of para-hydroxylation sites is 1. The van der Waals surface area contributed by atoms with Crippen LogP contribution in [-0.4, -0.2) is 28.6 Å². The van der Waals surface area contributed by atoms with Crippen LogP contribution in [0, 0.1) is 0 Å². The Morgan fingerprint density at radius 3 is 1.75 bits per heavy atom. The van der Waals surface area contributed by atoms with Crippen molar-refractivity contribution < 1.29 is 0 Å². The van der Waals surface area contributed by atoms with E-state index in [9.17, 15) is 0 Å². The van der Waals surface area contributed by atoms with Gasteiger partial charge in [-0.25, -0.2) is 9.98 Å². The summed E-state index contributed by atoms with van der Waals surface area (Å²) in [6, 6.07) is 58.3. The first kappa shape index (κ1) is 29.3. The van der Waals surface area contributed by atoms with E-state index in [1.807, 2.05) is 18.3 Å². The molecule has 10 rings (SSSR count). The maximum Gasteiger partial charge on any atom is 0.160 e. The van der Waals surface area contributed by atoms with Gasteiger partial charge in [-0.3, -0.25) is 4.98 Å². The van der Waals surface area contributed by atoms with Gasteiger partial charge < -0.3 is 4.90 Å². The zero-order valence-electron chi connectivity index (χ0n) is 28.0. The van der Waals surface area contributed by atoms with Gasteiger partial charge in [0.2, 0.25) is 0 Å². The average molecular weight is 653 g/mol. The van der Waals surface area contributed by atoms with E-state index < -0.39 is 0 Å². The lowest BCUT2D eigenvalue weighted by atomic mass is 9.94. The monoisotopic (exact) mass is 652 g/mol. The van der Waals surface area contributed by atoms with Crippen LogP contribution in [-0.2, 0) is 0 Å². The standard InChI is InChI=1S/C47H32N4/c1-51-46(31-24-22-30(23-25-31)35-26-34-14-4-11-21-44(34)48-29-35)49-45(42-27-32-12-2-5-15-36(32)38-17-7-9-19-40(38)42)50-47(51)43-28-33-13-3-6-16-37(33)39-18-8-10-20-41(39)43/h2-29,47H,1H3. The van der Waals surface area contributed by atoms with E-state index in [-0.39, 0.29) is 6.17 Å². The van der Waals surface area contributed by atoms with Gasteiger partial charge in [-0.2, -0.15) is 0 Å². The summed E-state index contributed by atoms with van der Waals surface area (Å²) in [5, 5.41) is 10.7. The van der Waals surface area contributed by atoms with Crippen LogP contribution in [0.1, 0.15) is 22.9 Å². The highest BCUT2D eigenvalue weighted by molar-refractivity contribution is 6.22. The Balaban J connectivity index is 1.18. The topological polar surface area (TPSA) is 40.9 Å². The quantitative estimate of drug-likeness (QED) is 0.178. The minimum atomic E-state index is -0.309. The van der Waals surface area contributed by atoms with Crippen molar-refractivity contribution in [1.82, 2.24) is 9.88 Å². The highest BCUT2D eigenvalue weighted by Gasteiger charge is 2.29. The smallest absolute Gasteiger partial charge is 0.160 e. The summed E-state index contributed by atoms with van der Waals surface area (Å²) in [5.74, 6) is 1.61. The van der Waals surface area contributed by atoms with Crippen LogP contribution < -0.4 is 0 Å². The van der Waals surface area contributed by atoms with Gasteiger partial charge in [-0.15, -0.1) is 0 Å². The Morgan fingerprint density at radius 1 is 0.471 bits per heavy atom. The lowest BCUT2D eigenvalue weighted by Crippen LogP contribution is -2.35. The first-order valence-electron chi connectivity index (χ1n) is 17.4. The Bertz CT molecular complexity index is 2890. The fourth-order valence-corrected chi connectivity index (χ4v) is 7.78. The highest BCUT2D eigenvalue weighted by Crippen LogP contribution is 2.38. The maximum absolute atomic E-state index is 5.53. The number of aromatic nitrogens is 1. The van der Waals surface area contributed by atoms with E-state index in [1.54, 1.807) is 0 Å². The Hall–Kier alpha value is -6.65. The zero-order valence-corrected chi connectivity index (χ0v) is 28.0. The van der Waals surface area contributed by atoms with E-state index >= 15 is 0 Å². The molecule has 0 N–H and O–H groups in total. The molecule has 51 heavy (non-hydrogen) atoms. The molecule has 0 saturated heterocycles. The molecule has 240 valence electrons. The van der Waals surface area contributed by atoms with Crippen LogP contribution in [0.4, 0.5) is 0 Å². The van der Waals surface area contributed by atoms with Crippen LogP contribution >= 0.6 is 0 Å². The molecule has 0 saturated carbocycles. The first-order valence-corrected chi connectivity index (χ1v) is 17.4. The molecule has 0 radical (unpaired) electrons. The predicted molar refractivity (Wildman–Crippen MR) is 214 cm³/mol. The summed E-state index contributed by atoms with van der Waals surface area (Å²) in [6.45, 7) is 0. The molecule has 4 nitrogen and oxygen atoms in total. The zero-order chi connectivity index (χ0) is 33.9. The Morgan fingerprint density at radius 2 is 1.02 bits per heavy atom. The van der Waals surface area contributed by atoms with Gasteiger partial charge in [-0.1, -0.05) is 140 Å². The number of rotatable bonds is 4. The maximum atomic E-state index is 5.53. The minimum Gasteiger partial charge on any atom is -0.333 e. The summed E-state index contributed by atoms with van der Waals surface area (Å²) in [6.07, 6.45) is 1.65. The van der Waals surface area contributed by atoms with Gasteiger partial charge in [0.05, 0.1) is 5.52 Å². The summed E-state index contributed by atoms with van der Waals surface area (Å²) >= 11 is 0. The molecular formula is C47H32N4. The SMILES string of the molecule is CN1C(c2ccc(-c3cnc4ccccc4c3)cc2)=NC(c2cc3ccccc3c3ccccc23)=NC1c1cc2ccccc2c2ccccc12. The molecular weight excluding hydrogens is 621 g/mol. The van der Waals surface area contributed by atoms with Gasteiger partial charge in [0.1, 0.15) is 5.84 Å². The lowest BCUT2D eigenvalue weighted by Gasteiger charge is -2.33. The average Bonchev–Trinajstić information content (AvgIpc) is 3.20. The predicted octanol–water partition coefficient (Wildman–Crippen LogP) is 11.4. The molecule has 8 aromatic carbocycles. The van der Waals surface area contributed by atoms with Crippen molar-refractivity contribution in [1.29, 1.82) is 0 Å². The number of amidine groups is 2. The van der Waals surface area contributed by atoms with E-state index in [4.69, 9.17) is 15.0 Å². The highest BCUT2D eigenvalue weighted by atomic mass is 15.3. The van der Waals surface area contributed by atoms with Crippen molar-refractivity contribution >= 4 is 65.7 Å². The molecule has 0 bridgehead atoms. The molecule has 9 aromatic rings. The van der Waals surface area contributed by atoms with Crippen LogP contribution in [0.25, 0.3) is 65.1 Å². The molecule has 1 atom stereocenters. The van der Waals surface area contributed by atoms with Crippen molar-refractivity contribution in [3.63, 3.8) is 0 Å². The van der Waals surface area contributed by atoms with Crippen molar-refractivity contribution in [3.8, 4) is 11.1 Å².